The number of carbonyl (C=O) groups is 10. The SMILES string of the molecule is [3H]C1CC(=O)N(CCCCCC(=O)NC(C(=O)NC(CCCNC(N)=O)C(=O)Nc2ccc(COC(=O)N(C)CCN(C)C(=O)OC[C@H]3O[C@H](OC4O[C@H](C[C@@H](O)[C@H]5O[C@@H](n6ccc(=O)[nH]c6=O)[C@H](O)[C@@H]5O)[C@H](O)[C@H](O)[C@H]4NC(=O)/C=C\CCCCCCCCCCCC(C)C)[C@H](NC(C)=O)[C@@H](O)[C@@H]3O)cc2)C(C)C)C1=O. The number of urea groups is 1. The number of rotatable bonds is 44. The number of aliphatic hydroxyl groups is 7. The monoisotopic (exact) mass is 1570 g/mol. The number of aromatic nitrogens is 2. The van der Waals surface area contributed by atoms with Gasteiger partial charge in [-0.15, -0.1) is 0 Å². The highest BCUT2D eigenvalue weighted by Crippen LogP contribution is 2.35. The Labute approximate surface area is 645 Å². The molecule has 4 unspecified atom stereocenters. The molecule has 0 bridgehead atoms. The van der Waals surface area contributed by atoms with Crippen molar-refractivity contribution >= 4 is 65.3 Å². The quantitative estimate of drug-likeness (QED) is 0.0242. The van der Waals surface area contributed by atoms with E-state index < -0.39 is 200 Å². The van der Waals surface area contributed by atoms with Crippen LogP contribution in [-0.2, 0) is 68.6 Å². The number of unbranched alkanes of at least 4 members (excludes halogenated alkanes) is 11. The molecule has 4 aliphatic heterocycles. The van der Waals surface area contributed by atoms with Crippen LogP contribution in [0.25, 0.3) is 0 Å². The van der Waals surface area contributed by atoms with Crippen LogP contribution in [0.1, 0.15) is 176 Å². The number of imide groups is 1. The number of ether oxygens (including phenoxy) is 6. The van der Waals surface area contributed by atoms with Crippen molar-refractivity contribution in [2.75, 3.05) is 52.2 Å². The summed E-state index contributed by atoms with van der Waals surface area (Å²) in [7, 11) is 2.72. The molecule has 0 aliphatic carbocycles. The van der Waals surface area contributed by atoms with Crippen LogP contribution in [-0.4, -0.2) is 264 Å². The van der Waals surface area contributed by atoms with Gasteiger partial charge in [0.25, 0.3) is 5.56 Å². The molecule has 4 fully saturated rings. The maximum atomic E-state index is 13.8. The molecule has 111 heavy (non-hydrogen) atoms. The Kier molecular flexibility index (Phi) is 37.1. The van der Waals surface area contributed by atoms with Gasteiger partial charge in [-0.3, -0.25) is 52.8 Å². The number of nitrogens with zero attached hydrogens (tertiary/aromatic N) is 4. The molecule has 37 nitrogen and oxygen atoms in total. The van der Waals surface area contributed by atoms with Gasteiger partial charge in [0.05, 0.1) is 12.2 Å². The number of hydrogen-bond acceptors (Lipinski definition) is 25. The zero-order chi connectivity index (χ0) is 82.5. The maximum absolute atomic E-state index is 13.8. The van der Waals surface area contributed by atoms with E-state index in [1.807, 2.05) is 4.98 Å². The first-order valence-electron chi connectivity index (χ1n) is 38.7. The lowest BCUT2D eigenvalue weighted by Crippen LogP contribution is -2.69. The van der Waals surface area contributed by atoms with Crippen molar-refractivity contribution in [3.63, 3.8) is 0 Å². The Morgan fingerprint density at radius 3 is 1.90 bits per heavy atom. The molecule has 0 saturated carbocycles. The molecular weight excluding hydrogens is 1460 g/mol. The average Bonchev–Trinajstić information content (AvgIpc) is 1.31. The number of likely N-dealkylation sites (tertiary alicyclic amines) is 1. The van der Waals surface area contributed by atoms with E-state index in [-0.39, 0.29) is 58.5 Å². The third-order valence-electron chi connectivity index (χ3n) is 19.5. The molecule has 18 atom stereocenters. The van der Waals surface area contributed by atoms with E-state index >= 15 is 0 Å². The Bertz CT molecular complexity index is 3550. The average molecular weight is 1580 g/mol. The number of carbonyl (C=O) groups excluding carboxylic acids is 10. The van der Waals surface area contributed by atoms with Gasteiger partial charge in [-0.25, -0.2) is 19.2 Å². The summed E-state index contributed by atoms with van der Waals surface area (Å²) in [6.07, 6.45) is -10.6. The normalized spacial score (nSPS) is 25.5. The summed E-state index contributed by atoms with van der Waals surface area (Å²) in [6.45, 7) is 7.87. The fraction of sp³-hybridized carbons (Fsp3) is 0.703. The van der Waals surface area contributed by atoms with Crippen molar-refractivity contribution in [1.82, 2.24) is 50.8 Å². The van der Waals surface area contributed by atoms with Crippen molar-refractivity contribution in [2.24, 2.45) is 17.6 Å². The third kappa shape index (κ3) is 29.2. The molecule has 4 saturated heterocycles. The largest absolute Gasteiger partial charge is 0.447 e. The molecule has 2 aromatic rings. The van der Waals surface area contributed by atoms with E-state index in [0.29, 0.717) is 42.9 Å². The van der Waals surface area contributed by atoms with Crippen molar-refractivity contribution < 1.29 is 113 Å². The van der Waals surface area contributed by atoms with Crippen LogP contribution in [0.15, 0.2) is 58.3 Å². The van der Waals surface area contributed by atoms with Gasteiger partial charge in [-0.05, 0) is 74.1 Å². The summed E-state index contributed by atoms with van der Waals surface area (Å²) in [5, 5.41) is 95.6. The van der Waals surface area contributed by atoms with Gasteiger partial charge in [-0.2, -0.15) is 0 Å². The molecule has 16 N–H and O–H groups in total. The number of aromatic amines is 1. The predicted octanol–water partition coefficient (Wildman–Crippen LogP) is 0.369. The Hall–Kier alpha value is -8.50. The van der Waals surface area contributed by atoms with Gasteiger partial charge in [0, 0.05) is 92.2 Å². The smallest absolute Gasteiger partial charge is 0.409 e. The first-order valence-corrected chi connectivity index (χ1v) is 38.1. The van der Waals surface area contributed by atoms with Gasteiger partial charge in [-0.1, -0.05) is 110 Å². The number of H-pyrrole nitrogens is 1. The molecule has 37 heteroatoms. The molecule has 11 amide bonds. The minimum absolute atomic E-state index is 0.0352. The summed E-state index contributed by atoms with van der Waals surface area (Å²) < 4.78 is 43.6. The summed E-state index contributed by atoms with van der Waals surface area (Å²) in [5.41, 5.74) is 4.22. The lowest BCUT2D eigenvalue weighted by Gasteiger charge is -2.47. The lowest BCUT2D eigenvalue weighted by atomic mass is 9.91. The summed E-state index contributed by atoms with van der Waals surface area (Å²) in [4.78, 5) is 159. The minimum atomic E-state index is -1.99. The van der Waals surface area contributed by atoms with Crippen molar-refractivity contribution in [3.05, 3.63) is 75.1 Å². The number of anilines is 1. The molecule has 0 radical (unpaired) electrons. The molecule has 622 valence electrons. The second-order valence-corrected chi connectivity index (χ2v) is 29.3. The highest BCUT2D eigenvalue weighted by molar-refractivity contribution is 6.02. The van der Waals surface area contributed by atoms with Crippen LogP contribution in [0.3, 0.4) is 0 Å². The highest BCUT2D eigenvalue weighted by atomic mass is 16.8. The number of aliphatic hydroxyl groups excluding tert-OH is 7. The van der Waals surface area contributed by atoms with Crippen molar-refractivity contribution in [2.45, 2.75) is 274 Å². The van der Waals surface area contributed by atoms with Crippen LogP contribution in [0, 0.1) is 11.8 Å². The summed E-state index contributed by atoms with van der Waals surface area (Å²) >= 11 is 0. The fourth-order valence-electron chi connectivity index (χ4n) is 13.0. The van der Waals surface area contributed by atoms with Gasteiger partial charge in [0.15, 0.2) is 18.8 Å². The highest BCUT2D eigenvalue weighted by Gasteiger charge is 2.54. The van der Waals surface area contributed by atoms with Gasteiger partial charge in [0.2, 0.25) is 41.4 Å². The van der Waals surface area contributed by atoms with Gasteiger partial charge < -0.3 is 112 Å². The van der Waals surface area contributed by atoms with E-state index in [2.05, 4.69) is 45.7 Å². The van der Waals surface area contributed by atoms with Crippen LogP contribution < -0.4 is 48.9 Å². The van der Waals surface area contributed by atoms with E-state index in [1.165, 1.54) is 64.4 Å². The zero-order valence-electron chi connectivity index (χ0n) is 65.2. The Balaban J connectivity index is 1.02. The predicted molar refractivity (Wildman–Crippen MR) is 396 cm³/mol. The third-order valence-corrected chi connectivity index (χ3v) is 19.5. The number of allylic oxidation sites excluding steroid dienone is 1. The molecule has 5 heterocycles. The number of benzene rings is 1. The number of likely N-dealkylation sites (N-methyl/N-ethyl adjacent to an activating group) is 2. The van der Waals surface area contributed by atoms with Crippen molar-refractivity contribution in [3.8, 4) is 0 Å². The first kappa shape index (κ1) is 89.7. The fourth-order valence-corrected chi connectivity index (χ4v) is 13.0. The minimum Gasteiger partial charge on any atom is -0.447 e. The number of nitrogens with two attached hydrogens (primary N) is 1. The van der Waals surface area contributed by atoms with E-state index in [4.69, 9.17) is 35.5 Å². The van der Waals surface area contributed by atoms with Crippen LogP contribution in [0.4, 0.5) is 20.1 Å². The topological polar surface area (TPSA) is 530 Å². The summed E-state index contributed by atoms with van der Waals surface area (Å²) in [6, 6.07) is 0.795. The van der Waals surface area contributed by atoms with Gasteiger partial charge in [0.1, 0.15) is 86.2 Å². The summed E-state index contributed by atoms with van der Waals surface area (Å²) in [5.74, 6) is -3.91. The molecule has 1 aromatic carbocycles. The van der Waals surface area contributed by atoms with E-state index in [1.54, 1.807) is 32.1 Å². The second-order valence-electron chi connectivity index (χ2n) is 29.3. The molecule has 1 aromatic heterocycles. The van der Waals surface area contributed by atoms with Crippen molar-refractivity contribution in [1.29, 1.82) is 0 Å². The number of amides is 11. The zero-order valence-corrected chi connectivity index (χ0v) is 64.2. The number of primary amides is 1. The molecule has 0 spiro atoms. The van der Waals surface area contributed by atoms with Crippen LogP contribution in [0.5, 0.6) is 0 Å². The van der Waals surface area contributed by atoms with E-state index in [0.717, 1.165) is 70.6 Å². The Morgan fingerprint density at radius 2 is 1.30 bits per heavy atom. The molecule has 6 rings (SSSR count). The van der Waals surface area contributed by atoms with Crippen LogP contribution >= 0.6 is 0 Å². The second kappa shape index (κ2) is 45.9. The standard InChI is InChI=1S/C74H116N12O25/c1-42(2)23-18-15-13-11-9-8-10-12-14-16-19-25-52(90)81-58-62(97)59(94)49(39-48(88)65-63(98)64(99)68(110-65)86-36-33-53(91)82-72(86)103)108-70(58)111-69-57(77-44(5)87)61(96)60(95)50(109-69)41-107-74(105)84(7)38-37-83(6)73(104)106-40-45-27-29-46(30-28-45)78-66(100)47(24-22-34-76-71(75)102)79-67(101)56(43(3)4)80-51(89)26-20-17-21-35-85-54(92)31-32-55(85)93/h19,25,27-30,33,36,42-43,47-50,56-65,68-70,88,94-99H,8-18,20-24,26,31-32,34-35,37-41H2,1-7H3,(H,77,87)(H,78,100)(H,79,101)(H,80,89)(H,81,90)(H3,75,76,102)(H,82,91,103)/b25-19-/t47?,48-,49-,50-,56?,57-,58-,59+,60-,61-,62-,63+,64-,65-,68-,69-,70?/m1/s1/i31T/t31?,47?,48-,49-,50-,56?,57-,58-,59+,60-,61-,62-,63+,64-,65-,68-,69-,70?. The molecular formula is C74H116N12O25. The number of hydrogen-bond donors (Lipinski definition) is 15. The lowest BCUT2D eigenvalue weighted by molar-refractivity contribution is -0.346. The Morgan fingerprint density at radius 1 is 0.694 bits per heavy atom. The first-order chi connectivity index (χ1) is 53.1. The number of nitrogens with one attached hydrogen (secondary N) is 7. The van der Waals surface area contributed by atoms with E-state index in [9.17, 15) is 93.3 Å². The maximum Gasteiger partial charge on any atom is 0.409 e. The van der Waals surface area contributed by atoms with Gasteiger partial charge >= 0.3 is 23.9 Å². The molecule has 4 aliphatic rings. The van der Waals surface area contributed by atoms with Crippen LogP contribution in [0.2, 0.25) is 0 Å².